The Kier molecular flexibility index (Phi) is 5.85. The number of alkyl halides is 1. The zero-order chi connectivity index (χ0) is 13.1. The van der Waals surface area contributed by atoms with Crippen molar-refractivity contribution in [3.63, 3.8) is 0 Å². The molecule has 0 aromatic rings. The van der Waals surface area contributed by atoms with Gasteiger partial charge in [-0.2, -0.15) is 17.0 Å². The number of halogens is 1. The van der Waals surface area contributed by atoms with Gasteiger partial charge in [0.05, 0.1) is 12.2 Å². The monoisotopic (exact) mass is 328 g/mol. The van der Waals surface area contributed by atoms with Crippen molar-refractivity contribution >= 4 is 26.1 Å². The van der Waals surface area contributed by atoms with E-state index in [0.717, 1.165) is 0 Å². The van der Waals surface area contributed by atoms with Crippen LogP contribution in [0.15, 0.2) is 0 Å². The summed E-state index contributed by atoms with van der Waals surface area (Å²) in [7, 11) is -3.33. The van der Waals surface area contributed by atoms with Gasteiger partial charge in [0.1, 0.15) is 0 Å². The molecule has 0 N–H and O–H groups in total. The molecule has 0 radical (unpaired) electrons. The molecule has 0 amide bonds. The van der Waals surface area contributed by atoms with Crippen molar-refractivity contribution in [3.05, 3.63) is 0 Å². The van der Waals surface area contributed by atoms with Crippen molar-refractivity contribution < 1.29 is 13.2 Å². The number of morpholine rings is 1. The molecule has 1 rings (SSSR count). The number of ether oxygens (including phenoxy) is 1. The average molecular weight is 329 g/mol. The van der Waals surface area contributed by atoms with Crippen LogP contribution in [0, 0.1) is 0 Å². The maximum atomic E-state index is 12.3. The van der Waals surface area contributed by atoms with Crippen LogP contribution in [-0.2, 0) is 14.9 Å². The molecular formula is C10H21BrN2O3S. The van der Waals surface area contributed by atoms with E-state index in [4.69, 9.17) is 4.74 Å². The van der Waals surface area contributed by atoms with Gasteiger partial charge in [0.15, 0.2) is 0 Å². The van der Waals surface area contributed by atoms with Crippen LogP contribution in [0.2, 0.25) is 0 Å². The third kappa shape index (κ3) is 3.64. The highest BCUT2D eigenvalue weighted by Crippen LogP contribution is 2.18. The first kappa shape index (κ1) is 15.4. The molecular weight excluding hydrogens is 308 g/mol. The van der Waals surface area contributed by atoms with Crippen LogP contribution < -0.4 is 0 Å². The van der Waals surface area contributed by atoms with Crippen LogP contribution in [0.25, 0.3) is 0 Å². The van der Waals surface area contributed by atoms with Gasteiger partial charge >= 0.3 is 0 Å². The van der Waals surface area contributed by atoms with E-state index in [1.54, 1.807) is 0 Å². The molecule has 2 atom stereocenters. The van der Waals surface area contributed by atoms with Crippen LogP contribution in [-0.4, -0.2) is 60.7 Å². The molecule has 5 nitrogen and oxygen atoms in total. The molecule has 0 spiro atoms. The normalized spacial score (nSPS) is 27.6. The summed E-state index contributed by atoms with van der Waals surface area (Å²) < 4.78 is 33.3. The fraction of sp³-hybridized carbons (Fsp3) is 1.00. The Morgan fingerprint density at radius 3 is 2.41 bits per heavy atom. The van der Waals surface area contributed by atoms with E-state index in [-0.39, 0.29) is 12.2 Å². The molecule has 0 aliphatic carbocycles. The van der Waals surface area contributed by atoms with Crippen molar-refractivity contribution in [3.8, 4) is 0 Å². The lowest BCUT2D eigenvalue weighted by Crippen LogP contribution is -2.54. The lowest BCUT2D eigenvalue weighted by Gasteiger charge is -2.37. The molecule has 1 aliphatic heterocycles. The quantitative estimate of drug-likeness (QED) is 0.709. The van der Waals surface area contributed by atoms with E-state index < -0.39 is 10.2 Å². The van der Waals surface area contributed by atoms with Gasteiger partial charge in [0.2, 0.25) is 0 Å². The molecule has 0 saturated carbocycles. The summed E-state index contributed by atoms with van der Waals surface area (Å²) >= 11 is 3.34. The van der Waals surface area contributed by atoms with Crippen molar-refractivity contribution in [1.29, 1.82) is 0 Å². The first-order valence-corrected chi connectivity index (χ1v) is 8.44. The van der Waals surface area contributed by atoms with Crippen molar-refractivity contribution in [2.75, 3.05) is 31.5 Å². The summed E-state index contributed by atoms with van der Waals surface area (Å²) in [5.74, 6) is 0. The highest BCUT2D eigenvalue weighted by atomic mass is 79.9. The van der Waals surface area contributed by atoms with Crippen molar-refractivity contribution in [2.45, 2.75) is 33.0 Å². The van der Waals surface area contributed by atoms with Crippen LogP contribution in [0.1, 0.15) is 20.8 Å². The fourth-order valence-electron chi connectivity index (χ4n) is 1.99. The smallest absolute Gasteiger partial charge is 0.282 e. The summed E-state index contributed by atoms with van der Waals surface area (Å²) in [5, 5.41) is 0.654. The topological polar surface area (TPSA) is 49.9 Å². The van der Waals surface area contributed by atoms with Gasteiger partial charge in [0.25, 0.3) is 10.2 Å². The standard InChI is InChI=1S/C10H21BrN2O3S/c1-4-12(5-2)17(14,15)13-7-9(3)16-10(6-11)8-13/h9-10H,4-8H2,1-3H3. The van der Waals surface area contributed by atoms with Gasteiger partial charge in [-0.25, -0.2) is 0 Å². The summed E-state index contributed by atoms with van der Waals surface area (Å²) in [4.78, 5) is 0. The van der Waals surface area contributed by atoms with Gasteiger partial charge in [0, 0.05) is 31.5 Å². The summed E-state index contributed by atoms with van der Waals surface area (Å²) in [6.07, 6.45) is -0.124. The highest BCUT2D eigenvalue weighted by Gasteiger charge is 2.34. The predicted molar refractivity (Wildman–Crippen MR) is 71.5 cm³/mol. The second-order valence-electron chi connectivity index (χ2n) is 4.13. The van der Waals surface area contributed by atoms with Crippen LogP contribution in [0.5, 0.6) is 0 Å². The van der Waals surface area contributed by atoms with E-state index >= 15 is 0 Å². The number of hydrogen-bond acceptors (Lipinski definition) is 3. The molecule has 1 fully saturated rings. The first-order chi connectivity index (χ1) is 7.95. The Labute approximate surface area is 112 Å². The number of hydrogen-bond donors (Lipinski definition) is 0. The highest BCUT2D eigenvalue weighted by molar-refractivity contribution is 9.09. The minimum atomic E-state index is -3.33. The van der Waals surface area contributed by atoms with Gasteiger partial charge in [-0.3, -0.25) is 0 Å². The van der Waals surface area contributed by atoms with E-state index in [1.165, 1.54) is 8.61 Å². The zero-order valence-electron chi connectivity index (χ0n) is 10.6. The van der Waals surface area contributed by atoms with E-state index in [0.29, 0.717) is 31.5 Å². The predicted octanol–water partition coefficient (Wildman–Crippen LogP) is 1.06. The molecule has 0 aromatic carbocycles. The van der Waals surface area contributed by atoms with Gasteiger partial charge in [-0.1, -0.05) is 29.8 Å². The van der Waals surface area contributed by atoms with Gasteiger partial charge in [-0.15, -0.1) is 0 Å². The van der Waals surface area contributed by atoms with Crippen LogP contribution in [0.3, 0.4) is 0 Å². The molecule has 0 bridgehead atoms. The Morgan fingerprint density at radius 2 is 1.94 bits per heavy atom. The third-order valence-electron chi connectivity index (χ3n) is 2.82. The largest absolute Gasteiger partial charge is 0.372 e. The average Bonchev–Trinajstić information content (AvgIpc) is 2.29. The molecule has 102 valence electrons. The Bertz CT molecular complexity index is 332. The lowest BCUT2D eigenvalue weighted by atomic mass is 10.3. The molecule has 17 heavy (non-hydrogen) atoms. The SMILES string of the molecule is CCN(CC)S(=O)(=O)N1CC(C)OC(CBr)C1. The third-order valence-corrected chi connectivity index (χ3v) is 5.66. The molecule has 7 heteroatoms. The van der Waals surface area contributed by atoms with E-state index in [1.807, 2.05) is 20.8 Å². The Balaban J connectivity index is 2.83. The van der Waals surface area contributed by atoms with Crippen molar-refractivity contribution in [1.82, 2.24) is 8.61 Å². The number of rotatable bonds is 5. The summed E-state index contributed by atoms with van der Waals surface area (Å²) in [6.45, 7) is 7.48. The van der Waals surface area contributed by atoms with E-state index in [9.17, 15) is 8.42 Å². The minimum absolute atomic E-state index is 0.0587. The summed E-state index contributed by atoms with van der Waals surface area (Å²) in [5.41, 5.74) is 0. The molecule has 1 heterocycles. The lowest BCUT2D eigenvalue weighted by molar-refractivity contribution is -0.0424. The fourth-order valence-corrected chi connectivity index (χ4v) is 4.08. The first-order valence-electron chi connectivity index (χ1n) is 5.92. The Morgan fingerprint density at radius 1 is 1.35 bits per heavy atom. The van der Waals surface area contributed by atoms with Crippen molar-refractivity contribution in [2.24, 2.45) is 0 Å². The molecule has 1 saturated heterocycles. The van der Waals surface area contributed by atoms with Crippen LogP contribution >= 0.6 is 15.9 Å². The van der Waals surface area contributed by atoms with Crippen LogP contribution in [0.4, 0.5) is 0 Å². The summed E-state index contributed by atoms with van der Waals surface area (Å²) in [6, 6.07) is 0. The number of nitrogens with zero attached hydrogens (tertiary/aromatic N) is 2. The molecule has 0 aromatic heterocycles. The van der Waals surface area contributed by atoms with Gasteiger partial charge < -0.3 is 4.74 Å². The minimum Gasteiger partial charge on any atom is -0.372 e. The van der Waals surface area contributed by atoms with E-state index in [2.05, 4.69) is 15.9 Å². The maximum Gasteiger partial charge on any atom is 0.282 e. The second-order valence-corrected chi connectivity index (χ2v) is 6.71. The zero-order valence-corrected chi connectivity index (χ0v) is 13.0. The Hall–Kier alpha value is 0.310. The maximum absolute atomic E-state index is 12.3. The molecule has 2 unspecified atom stereocenters. The molecule has 1 aliphatic rings. The van der Waals surface area contributed by atoms with Gasteiger partial charge in [-0.05, 0) is 6.92 Å². The second kappa shape index (κ2) is 6.47.